The molecule has 0 unspecified atom stereocenters. The molecule has 0 fully saturated rings. The Morgan fingerprint density at radius 1 is 1.50 bits per heavy atom. The molecule has 0 radical (unpaired) electrons. The fraction of sp³-hybridized carbons (Fsp3) is 0.636. The van der Waals surface area contributed by atoms with Gasteiger partial charge in [0.15, 0.2) is 9.84 Å². The van der Waals surface area contributed by atoms with Crippen molar-refractivity contribution in [2.24, 2.45) is 0 Å². The van der Waals surface area contributed by atoms with Crippen LogP contribution < -0.4 is 10.9 Å². The van der Waals surface area contributed by atoms with Crippen molar-refractivity contribution in [3.05, 3.63) is 22.1 Å². The third kappa shape index (κ3) is 2.90. The first kappa shape index (κ1) is 13.1. The van der Waals surface area contributed by atoms with E-state index in [2.05, 4.69) is 10.4 Å². The molecule has 0 spiro atoms. The summed E-state index contributed by atoms with van der Waals surface area (Å²) in [6.07, 6.45) is 1.80. The standard InChI is InChI=1S/C11H17N3O3S/c1-2-18(16,17)7-6-14-11(15)8-10-9(13-14)4-3-5-12-10/h8,12H,2-7H2,1H3. The lowest BCUT2D eigenvalue weighted by molar-refractivity contribution is 0.563. The molecule has 1 N–H and O–H groups in total. The molecule has 1 aliphatic rings. The number of nitrogens with one attached hydrogen (secondary N) is 1. The minimum absolute atomic E-state index is 0.0391. The van der Waals surface area contributed by atoms with Crippen LogP contribution in [0, 0.1) is 0 Å². The minimum atomic E-state index is -3.07. The SMILES string of the molecule is CCS(=O)(=O)CCn1nc2c(cc1=O)NCCC2. The van der Waals surface area contributed by atoms with Gasteiger partial charge in [-0.1, -0.05) is 6.92 Å². The number of aromatic nitrogens is 2. The van der Waals surface area contributed by atoms with E-state index in [-0.39, 0.29) is 23.6 Å². The molecule has 0 saturated carbocycles. The summed E-state index contributed by atoms with van der Waals surface area (Å²) in [6.45, 7) is 2.58. The van der Waals surface area contributed by atoms with Crippen LogP contribution >= 0.6 is 0 Å². The molecule has 0 amide bonds. The highest BCUT2D eigenvalue weighted by Crippen LogP contribution is 2.16. The van der Waals surface area contributed by atoms with Crippen LogP contribution in [0.4, 0.5) is 5.69 Å². The maximum atomic E-state index is 11.8. The highest BCUT2D eigenvalue weighted by atomic mass is 32.2. The molecule has 1 aromatic rings. The van der Waals surface area contributed by atoms with Crippen molar-refractivity contribution in [3.8, 4) is 0 Å². The Balaban J connectivity index is 2.21. The summed E-state index contributed by atoms with van der Waals surface area (Å²) in [5, 5.41) is 7.35. The molecule has 6 nitrogen and oxygen atoms in total. The summed E-state index contributed by atoms with van der Waals surface area (Å²) >= 11 is 0. The maximum Gasteiger partial charge on any atom is 0.268 e. The minimum Gasteiger partial charge on any atom is -0.383 e. The Morgan fingerprint density at radius 2 is 2.28 bits per heavy atom. The Labute approximate surface area is 106 Å². The molecule has 1 aliphatic heterocycles. The zero-order valence-electron chi connectivity index (χ0n) is 10.3. The molecule has 18 heavy (non-hydrogen) atoms. The molecule has 0 aliphatic carbocycles. The highest BCUT2D eigenvalue weighted by molar-refractivity contribution is 7.91. The molecule has 1 aromatic heterocycles. The summed E-state index contributed by atoms with van der Waals surface area (Å²) in [5.41, 5.74) is 1.37. The van der Waals surface area contributed by atoms with Gasteiger partial charge >= 0.3 is 0 Å². The zero-order valence-corrected chi connectivity index (χ0v) is 11.2. The number of nitrogens with zero attached hydrogens (tertiary/aromatic N) is 2. The van der Waals surface area contributed by atoms with E-state index >= 15 is 0 Å². The van der Waals surface area contributed by atoms with E-state index in [0.29, 0.717) is 0 Å². The molecule has 0 aromatic carbocycles. The Kier molecular flexibility index (Phi) is 3.70. The van der Waals surface area contributed by atoms with Crippen LogP contribution in [0.5, 0.6) is 0 Å². The molecule has 100 valence electrons. The quantitative estimate of drug-likeness (QED) is 0.836. The van der Waals surface area contributed by atoms with Gasteiger partial charge in [0.25, 0.3) is 5.56 Å². The Morgan fingerprint density at radius 3 is 3.00 bits per heavy atom. The van der Waals surface area contributed by atoms with Crippen molar-refractivity contribution in [2.45, 2.75) is 26.3 Å². The summed E-state index contributed by atoms with van der Waals surface area (Å²) in [7, 11) is -3.07. The predicted molar refractivity (Wildman–Crippen MR) is 69.6 cm³/mol. The number of aryl methyl sites for hydroxylation is 2. The van der Waals surface area contributed by atoms with E-state index < -0.39 is 9.84 Å². The third-order valence-electron chi connectivity index (χ3n) is 3.03. The first-order chi connectivity index (χ1) is 8.52. The molecule has 0 atom stereocenters. The average molecular weight is 271 g/mol. The van der Waals surface area contributed by atoms with Crippen LogP contribution in [-0.2, 0) is 22.8 Å². The summed E-state index contributed by atoms with van der Waals surface area (Å²) in [6, 6.07) is 1.50. The number of anilines is 1. The molecule has 2 rings (SSSR count). The van der Waals surface area contributed by atoms with Crippen molar-refractivity contribution in [3.63, 3.8) is 0 Å². The van der Waals surface area contributed by atoms with E-state index in [9.17, 15) is 13.2 Å². The van der Waals surface area contributed by atoms with Gasteiger partial charge in [0.2, 0.25) is 0 Å². The van der Waals surface area contributed by atoms with Gasteiger partial charge in [-0.15, -0.1) is 0 Å². The monoisotopic (exact) mass is 271 g/mol. The van der Waals surface area contributed by atoms with Crippen LogP contribution in [0.2, 0.25) is 0 Å². The second-order valence-electron chi connectivity index (χ2n) is 4.33. The van der Waals surface area contributed by atoms with Gasteiger partial charge in [0.05, 0.1) is 23.7 Å². The van der Waals surface area contributed by atoms with Crippen LogP contribution in [0.15, 0.2) is 10.9 Å². The van der Waals surface area contributed by atoms with Gasteiger partial charge in [-0.3, -0.25) is 4.79 Å². The van der Waals surface area contributed by atoms with E-state index in [1.807, 2.05) is 0 Å². The topological polar surface area (TPSA) is 81.1 Å². The van der Waals surface area contributed by atoms with Crippen LogP contribution in [-0.4, -0.2) is 36.2 Å². The van der Waals surface area contributed by atoms with Crippen LogP contribution in [0.1, 0.15) is 19.0 Å². The second kappa shape index (κ2) is 5.09. The lowest BCUT2D eigenvalue weighted by atomic mass is 10.1. The van der Waals surface area contributed by atoms with Crippen molar-refractivity contribution >= 4 is 15.5 Å². The van der Waals surface area contributed by atoms with Gasteiger partial charge < -0.3 is 5.32 Å². The lowest BCUT2D eigenvalue weighted by Crippen LogP contribution is -2.29. The number of sulfone groups is 1. The second-order valence-corrected chi connectivity index (χ2v) is 6.81. The van der Waals surface area contributed by atoms with Crippen LogP contribution in [0.25, 0.3) is 0 Å². The van der Waals surface area contributed by atoms with Crippen LogP contribution in [0.3, 0.4) is 0 Å². The molecule has 2 heterocycles. The van der Waals surface area contributed by atoms with Gasteiger partial charge in [-0.2, -0.15) is 5.10 Å². The Bertz CT molecular complexity index is 592. The van der Waals surface area contributed by atoms with Crippen molar-refractivity contribution in [2.75, 3.05) is 23.4 Å². The maximum absolute atomic E-state index is 11.8. The number of fused-ring (bicyclic) bond motifs is 1. The first-order valence-corrected chi connectivity index (χ1v) is 7.89. The fourth-order valence-corrected chi connectivity index (χ4v) is 2.62. The van der Waals surface area contributed by atoms with Crippen molar-refractivity contribution in [1.29, 1.82) is 0 Å². The molecular formula is C11H17N3O3S. The van der Waals surface area contributed by atoms with Gasteiger partial charge in [-0.25, -0.2) is 13.1 Å². The zero-order chi connectivity index (χ0) is 13.2. The van der Waals surface area contributed by atoms with E-state index in [1.165, 1.54) is 10.7 Å². The third-order valence-corrected chi connectivity index (χ3v) is 4.72. The number of hydrogen-bond acceptors (Lipinski definition) is 5. The molecule has 0 saturated heterocycles. The Hall–Kier alpha value is -1.37. The number of rotatable bonds is 4. The lowest BCUT2D eigenvalue weighted by Gasteiger charge is -2.17. The summed E-state index contributed by atoms with van der Waals surface area (Å²) < 4.78 is 24.1. The normalized spacial score (nSPS) is 14.9. The van der Waals surface area contributed by atoms with E-state index in [1.54, 1.807) is 6.92 Å². The number of hydrogen-bond donors (Lipinski definition) is 1. The molecule has 7 heteroatoms. The van der Waals surface area contributed by atoms with Crippen molar-refractivity contribution in [1.82, 2.24) is 9.78 Å². The highest BCUT2D eigenvalue weighted by Gasteiger charge is 2.14. The fourth-order valence-electron chi connectivity index (χ4n) is 1.88. The van der Waals surface area contributed by atoms with Crippen molar-refractivity contribution < 1.29 is 8.42 Å². The molecule has 0 bridgehead atoms. The molecular weight excluding hydrogens is 254 g/mol. The summed E-state index contributed by atoms with van der Waals surface area (Å²) in [4.78, 5) is 11.8. The van der Waals surface area contributed by atoms with Gasteiger partial charge in [-0.05, 0) is 12.8 Å². The predicted octanol–water partition coefficient (Wildman–Crippen LogP) is 0.0361. The first-order valence-electron chi connectivity index (χ1n) is 6.07. The largest absolute Gasteiger partial charge is 0.383 e. The van der Waals surface area contributed by atoms with E-state index in [4.69, 9.17) is 0 Å². The van der Waals surface area contributed by atoms with Gasteiger partial charge in [0.1, 0.15) is 0 Å². The van der Waals surface area contributed by atoms with Gasteiger partial charge in [0, 0.05) is 18.4 Å². The smallest absolute Gasteiger partial charge is 0.268 e. The average Bonchev–Trinajstić information content (AvgIpc) is 2.36. The van der Waals surface area contributed by atoms with E-state index in [0.717, 1.165) is 30.8 Å². The summed E-state index contributed by atoms with van der Waals surface area (Å²) in [5.74, 6) is 0.0524.